The third-order valence-corrected chi connectivity index (χ3v) is 3.01. The minimum absolute atomic E-state index is 0.0530. The topological polar surface area (TPSA) is 12.0 Å². The molecule has 1 aliphatic heterocycles. The van der Waals surface area contributed by atoms with Crippen LogP contribution in [0.4, 0.5) is 5.69 Å². The average molecular weight is 252 g/mol. The van der Waals surface area contributed by atoms with E-state index in [1.807, 2.05) is 0 Å². The minimum Gasteiger partial charge on any atom is -0.376 e. The van der Waals surface area contributed by atoms with Crippen LogP contribution in [0.25, 0.3) is 5.57 Å². The molecule has 0 fully saturated rings. The van der Waals surface area contributed by atoms with Crippen molar-refractivity contribution in [3.8, 4) is 0 Å². The van der Waals surface area contributed by atoms with Gasteiger partial charge >= 0.3 is 0 Å². The SMILES string of the molecule is CC1(C)C=C(CBr)c2ccccc2N1. The Hall–Kier alpha value is -0.760. The zero-order valence-electron chi connectivity index (χ0n) is 8.47. The maximum Gasteiger partial charge on any atom is 0.0506 e. The normalized spacial score (nSPS) is 18.1. The van der Waals surface area contributed by atoms with E-state index < -0.39 is 0 Å². The number of hydrogen-bond donors (Lipinski definition) is 1. The van der Waals surface area contributed by atoms with Crippen molar-refractivity contribution in [2.24, 2.45) is 0 Å². The third kappa shape index (κ3) is 1.71. The van der Waals surface area contributed by atoms with Gasteiger partial charge in [-0.25, -0.2) is 0 Å². The lowest BCUT2D eigenvalue weighted by Crippen LogP contribution is -2.31. The predicted molar refractivity (Wildman–Crippen MR) is 65.9 cm³/mol. The molecule has 0 aromatic heterocycles. The van der Waals surface area contributed by atoms with Crippen LogP contribution in [-0.2, 0) is 0 Å². The van der Waals surface area contributed by atoms with Gasteiger partial charge in [0.25, 0.3) is 0 Å². The lowest BCUT2D eigenvalue weighted by atomic mass is 9.91. The Labute approximate surface area is 93.3 Å². The monoisotopic (exact) mass is 251 g/mol. The Morgan fingerprint density at radius 2 is 2.00 bits per heavy atom. The second-order valence-electron chi connectivity index (χ2n) is 4.20. The smallest absolute Gasteiger partial charge is 0.0506 e. The first-order chi connectivity index (χ1) is 6.62. The number of allylic oxidation sites excluding steroid dienone is 1. The molecule has 0 saturated carbocycles. The molecule has 1 aromatic carbocycles. The molecule has 1 N–H and O–H groups in total. The van der Waals surface area contributed by atoms with Gasteiger partial charge in [-0.15, -0.1) is 0 Å². The van der Waals surface area contributed by atoms with Crippen LogP contribution in [0, 0.1) is 0 Å². The number of alkyl halides is 1. The molecule has 2 rings (SSSR count). The third-order valence-electron chi connectivity index (χ3n) is 2.41. The quantitative estimate of drug-likeness (QED) is 0.752. The summed E-state index contributed by atoms with van der Waals surface area (Å²) in [6.45, 7) is 4.37. The van der Waals surface area contributed by atoms with E-state index in [-0.39, 0.29) is 5.54 Å². The molecule has 0 aliphatic carbocycles. The van der Waals surface area contributed by atoms with Crippen molar-refractivity contribution >= 4 is 27.2 Å². The van der Waals surface area contributed by atoms with Gasteiger partial charge in [-0.1, -0.05) is 40.2 Å². The molecule has 1 aromatic rings. The van der Waals surface area contributed by atoms with Gasteiger partial charge in [0.05, 0.1) is 5.54 Å². The van der Waals surface area contributed by atoms with E-state index in [4.69, 9.17) is 0 Å². The van der Waals surface area contributed by atoms with E-state index in [9.17, 15) is 0 Å². The molecule has 74 valence electrons. The van der Waals surface area contributed by atoms with Gasteiger partial charge in [0.15, 0.2) is 0 Å². The van der Waals surface area contributed by atoms with Gasteiger partial charge < -0.3 is 5.32 Å². The fourth-order valence-corrected chi connectivity index (χ4v) is 2.34. The molecule has 0 bridgehead atoms. The predicted octanol–water partition coefficient (Wildman–Crippen LogP) is 3.67. The van der Waals surface area contributed by atoms with E-state index in [2.05, 4.69) is 65.4 Å². The highest BCUT2D eigenvalue weighted by Crippen LogP contribution is 2.34. The second-order valence-corrected chi connectivity index (χ2v) is 4.76. The van der Waals surface area contributed by atoms with Crippen LogP contribution in [0.2, 0.25) is 0 Å². The number of nitrogens with one attached hydrogen (secondary N) is 1. The van der Waals surface area contributed by atoms with Gasteiger partial charge in [0, 0.05) is 16.6 Å². The van der Waals surface area contributed by atoms with Crippen molar-refractivity contribution in [1.29, 1.82) is 0 Å². The van der Waals surface area contributed by atoms with Crippen LogP contribution in [0.15, 0.2) is 30.3 Å². The highest BCUT2D eigenvalue weighted by Gasteiger charge is 2.22. The molecule has 0 saturated heterocycles. The highest BCUT2D eigenvalue weighted by molar-refractivity contribution is 9.09. The summed E-state index contributed by atoms with van der Waals surface area (Å²) in [6, 6.07) is 8.44. The number of hydrogen-bond acceptors (Lipinski definition) is 1. The molecule has 14 heavy (non-hydrogen) atoms. The summed E-state index contributed by atoms with van der Waals surface area (Å²) in [5.41, 5.74) is 3.96. The molecule has 2 heteroatoms. The summed E-state index contributed by atoms with van der Waals surface area (Å²) >= 11 is 3.54. The number of halogens is 1. The van der Waals surface area contributed by atoms with E-state index in [0.717, 1.165) is 5.33 Å². The van der Waals surface area contributed by atoms with Crippen molar-refractivity contribution in [3.05, 3.63) is 35.9 Å². The number of fused-ring (bicyclic) bond motifs is 1. The summed E-state index contributed by atoms with van der Waals surface area (Å²) in [7, 11) is 0. The first kappa shape index (κ1) is 9.78. The summed E-state index contributed by atoms with van der Waals surface area (Å²) < 4.78 is 0. The Kier molecular flexibility index (Phi) is 2.40. The number of benzene rings is 1. The molecular weight excluding hydrogens is 238 g/mol. The number of para-hydroxylation sites is 1. The lowest BCUT2D eigenvalue weighted by molar-refractivity contribution is 0.708. The van der Waals surface area contributed by atoms with Crippen molar-refractivity contribution in [3.63, 3.8) is 0 Å². The van der Waals surface area contributed by atoms with Gasteiger partial charge in [-0.05, 0) is 25.5 Å². The summed E-state index contributed by atoms with van der Waals surface area (Å²) in [4.78, 5) is 0. The maximum absolute atomic E-state index is 3.54. The van der Waals surface area contributed by atoms with Gasteiger partial charge in [-0.2, -0.15) is 0 Å². The van der Waals surface area contributed by atoms with E-state index in [1.54, 1.807) is 0 Å². The molecule has 0 unspecified atom stereocenters. The second kappa shape index (κ2) is 3.43. The first-order valence-electron chi connectivity index (χ1n) is 4.78. The van der Waals surface area contributed by atoms with Gasteiger partial charge in [-0.3, -0.25) is 0 Å². The Morgan fingerprint density at radius 3 is 2.71 bits per heavy atom. The summed E-state index contributed by atoms with van der Waals surface area (Å²) in [5, 5.41) is 4.42. The van der Waals surface area contributed by atoms with Crippen LogP contribution >= 0.6 is 15.9 Å². The molecule has 1 aliphatic rings. The van der Waals surface area contributed by atoms with Crippen LogP contribution < -0.4 is 5.32 Å². The average Bonchev–Trinajstić information content (AvgIpc) is 2.15. The van der Waals surface area contributed by atoms with Crippen LogP contribution in [0.5, 0.6) is 0 Å². The highest BCUT2D eigenvalue weighted by atomic mass is 79.9. The molecule has 0 spiro atoms. The van der Waals surface area contributed by atoms with Crippen molar-refractivity contribution in [2.45, 2.75) is 19.4 Å². The summed E-state index contributed by atoms with van der Waals surface area (Å²) in [6.07, 6.45) is 2.28. The van der Waals surface area contributed by atoms with Crippen LogP contribution in [-0.4, -0.2) is 10.9 Å². The molecular formula is C12H14BrN. The van der Waals surface area contributed by atoms with Crippen molar-refractivity contribution < 1.29 is 0 Å². The zero-order chi connectivity index (χ0) is 10.2. The molecule has 0 amide bonds. The first-order valence-corrected chi connectivity index (χ1v) is 5.90. The van der Waals surface area contributed by atoms with Gasteiger partial charge in [0.2, 0.25) is 0 Å². The Balaban J connectivity index is 2.53. The largest absolute Gasteiger partial charge is 0.376 e. The van der Waals surface area contributed by atoms with Gasteiger partial charge in [0.1, 0.15) is 0 Å². The molecule has 0 atom stereocenters. The standard InChI is InChI=1S/C12H14BrN/c1-12(2)7-9(8-13)10-5-3-4-6-11(10)14-12/h3-7,14H,8H2,1-2H3. The molecule has 0 radical (unpaired) electrons. The zero-order valence-corrected chi connectivity index (χ0v) is 10.1. The van der Waals surface area contributed by atoms with E-state index in [1.165, 1.54) is 16.8 Å². The van der Waals surface area contributed by atoms with Crippen LogP contribution in [0.3, 0.4) is 0 Å². The fraction of sp³-hybridized carbons (Fsp3) is 0.333. The number of rotatable bonds is 1. The Bertz CT molecular complexity index is 380. The maximum atomic E-state index is 3.54. The van der Waals surface area contributed by atoms with Crippen LogP contribution in [0.1, 0.15) is 19.4 Å². The van der Waals surface area contributed by atoms with E-state index in [0.29, 0.717) is 0 Å². The number of anilines is 1. The fourth-order valence-electron chi connectivity index (χ4n) is 1.88. The Morgan fingerprint density at radius 1 is 1.29 bits per heavy atom. The summed E-state index contributed by atoms with van der Waals surface area (Å²) in [5.74, 6) is 0. The van der Waals surface area contributed by atoms with E-state index >= 15 is 0 Å². The van der Waals surface area contributed by atoms with Crippen molar-refractivity contribution in [1.82, 2.24) is 0 Å². The molecule has 1 nitrogen and oxygen atoms in total. The lowest BCUT2D eigenvalue weighted by Gasteiger charge is -2.31. The minimum atomic E-state index is 0.0530. The van der Waals surface area contributed by atoms with Crippen molar-refractivity contribution in [2.75, 3.05) is 10.6 Å². The molecule has 1 heterocycles.